The summed E-state index contributed by atoms with van der Waals surface area (Å²) in [6, 6.07) is 7.92. The van der Waals surface area contributed by atoms with E-state index >= 15 is 0 Å². The largest absolute Gasteiger partial charge is 0.496 e. The van der Waals surface area contributed by atoms with Crippen LogP contribution in [0.1, 0.15) is 31.7 Å². The molecule has 0 aliphatic heterocycles. The maximum atomic E-state index is 14.1. The lowest BCUT2D eigenvalue weighted by Crippen LogP contribution is -2.57. The number of hydrogen-bond donors (Lipinski definition) is 2. The molecule has 1 unspecified atom stereocenters. The van der Waals surface area contributed by atoms with Gasteiger partial charge in [0, 0.05) is 23.6 Å². The standard InChI is InChI=1S/C23H23F4N3O3/c1-13-28-11-15-17(29-13)6-5-7-18(15)30-20(31)22(32,23(25,26)27)12-21(2,3)16-10-14(24)8-9-19(16)33-4/h5-11,32H,12H2,1-4H3,(H,30,31). The van der Waals surface area contributed by atoms with Crippen LogP contribution in [0.4, 0.5) is 23.2 Å². The molecule has 0 radical (unpaired) electrons. The van der Waals surface area contributed by atoms with Crippen molar-refractivity contribution in [3.8, 4) is 5.75 Å². The van der Waals surface area contributed by atoms with E-state index in [4.69, 9.17) is 4.74 Å². The van der Waals surface area contributed by atoms with E-state index in [-0.39, 0.29) is 17.0 Å². The van der Waals surface area contributed by atoms with Crippen LogP contribution in [0.5, 0.6) is 5.75 Å². The van der Waals surface area contributed by atoms with E-state index in [0.717, 1.165) is 12.1 Å². The van der Waals surface area contributed by atoms with Crippen LogP contribution in [-0.4, -0.2) is 39.9 Å². The summed E-state index contributed by atoms with van der Waals surface area (Å²) in [7, 11) is 1.29. The number of halogens is 4. The van der Waals surface area contributed by atoms with E-state index in [1.54, 1.807) is 13.0 Å². The van der Waals surface area contributed by atoms with Gasteiger partial charge < -0.3 is 15.2 Å². The second-order valence-corrected chi connectivity index (χ2v) is 8.37. The molecular formula is C23H23F4N3O3. The maximum absolute atomic E-state index is 14.1. The molecule has 6 nitrogen and oxygen atoms in total. The van der Waals surface area contributed by atoms with Gasteiger partial charge in [0.2, 0.25) is 5.60 Å². The van der Waals surface area contributed by atoms with Crippen molar-refractivity contribution in [3.05, 3.63) is 59.8 Å². The first kappa shape index (κ1) is 24.4. The van der Waals surface area contributed by atoms with Crippen LogP contribution >= 0.6 is 0 Å². The fourth-order valence-electron chi connectivity index (χ4n) is 3.74. The van der Waals surface area contributed by atoms with Crippen molar-refractivity contribution in [2.24, 2.45) is 0 Å². The molecule has 3 aromatic rings. The van der Waals surface area contributed by atoms with Crippen LogP contribution in [-0.2, 0) is 10.2 Å². The summed E-state index contributed by atoms with van der Waals surface area (Å²) in [6.07, 6.45) is -5.04. The van der Waals surface area contributed by atoms with Crippen LogP contribution in [0.15, 0.2) is 42.6 Å². The molecule has 2 N–H and O–H groups in total. The van der Waals surface area contributed by atoms with Crippen LogP contribution in [0.2, 0.25) is 0 Å². The summed E-state index contributed by atoms with van der Waals surface area (Å²) in [4.78, 5) is 21.1. The number of fused-ring (bicyclic) bond motifs is 1. The third kappa shape index (κ3) is 4.75. The van der Waals surface area contributed by atoms with Crippen molar-refractivity contribution in [2.75, 3.05) is 12.4 Å². The lowest BCUT2D eigenvalue weighted by molar-refractivity contribution is -0.254. The minimum atomic E-state index is -5.33. The molecule has 33 heavy (non-hydrogen) atoms. The maximum Gasteiger partial charge on any atom is 0.426 e. The Morgan fingerprint density at radius 2 is 1.88 bits per heavy atom. The number of hydrogen-bond acceptors (Lipinski definition) is 5. The van der Waals surface area contributed by atoms with Crippen molar-refractivity contribution in [3.63, 3.8) is 0 Å². The van der Waals surface area contributed by atoms with Gasteiger partial charge in [0.25, 0.3) is 5.91 Å². The van der Waals surface area contributed by atoms with Crippen LogP contribution < -0.4 is 10.1 Å². The van der Waals surface area contributed by atoms with Gasteiger partial charge in [0.15, 0.2) is 0 Å². The molecule has 3 rings (SSSR count). The Morgan fingerprint density at radius 3 is 2.52 bits per heavy atom. The number of amides is 1. The first-order valence-electron chi connectivity index (χ1n) is 9.95. The summed E-state index contributed by atoms with van der Waals surface area (Å²) in [5, 5.41) is 13.2. The number of alkyl halides is 3. The number of ether oxygens (including phenoxy) is 1. The third-order valence-corrected chi connectivity index (χ3v) is 5.43. The molecule has 0 saturated carbocycles. The van der Waals surface area contributed by atoms with Gasteiger partial charge in [0.1, 0.15) is 17.4 Å². The number of nitrogens with one attached hydrogen (secondary N) is 1. The summed E-state index contributed by atoms with van der Waals surface area (Å²) in [5.74, 6) is -1.78. The number of methoxy groups -OCH3 is 1. The molecular weight excluding hydrogens is 442 g/mol. The number of anilines is 1. The quantitative estimate of drug-likeness (QED) is 0.516. The van der Waals surface area contributed by atoms with E-state index < -0.39 is 35.3 Å². The van der Waals surface area contributed by atoms with Gasteiger partial charge in [-0.3, -0.25) is 4.79 Å². The monoisotopic (exact) mass is 465 g/mol. The number of rotatable bonds is 6. The molecule has 176 valence electrons. The SMILES string of the molecule is COc1ccc(F)cc1C(C)(C)CC(O)(C(=O)Nc1cccc2nc(C)ncc12)C(F)(F)F. The highest BCUT2D eigenvalue weighted by Gasteiger charge is 2.61. The molecule has 2 aromatic carbocycles. The van der Waals surface area contributed by atoms with Gasteiger partial charge in [0.05, 0.1) is 18.3 Å². The summed E-state index contributed by atoms with van der Waals surface area (Å²) in [6.45, 7) is 4.38. The van der Waals surface area contributed by atoms with Crippen molar-refractivity contribution in [1.82, 2.24) is 9.97 Å². The zero-order valence-corrected chi connectivity index (χ0v) is 18.4. The number of benzene rings is 2. The van der Waals surface area contributed by atoms with Gasteiger partial charge in [-0.25, -0.2) is 14.4 Å². The van der Waals surface area contributed by atoms with Gasteiger partial charge in [-0.2, -0.15) is 13.2 Å². The predicted octanol–water partition coefficient (Wildman–Crippen LogP) is 4.69. The first-order chi connectivity index (χ1) is 15.3. The first-order valence-corrected chi connectivity index (χ1v) is 9.95. The van der Waals surface area contributed by atoms with Gasteiger partial charge in [-0.1, -0.05) is 19.9 Å². The van der Waals surface area contributed by atoms with Crippen molar-refractivity contribution in [1.29, 1.82) is 0 Å². The Kier molecular flexibility index (Phi) is 6.34. The van der Waals surface area contributed by atoms with E-state index in [9.17, 15) is 27.5 Å². The van der Waals surface area contributed by atoms with Gasteiger partial charge in [-0.05, 0) is 42.7 Å². The minimum absolute atomic E-state index is 0.0151. The molecule has 0 saturated heterocycles. The Balaban J connectivity index is 2.02. The van der Waals surface area contributed by atoms with Crippen molar-refractivity contribution >= 4 is 22.5 Å². The zero-order chi connectivity index (χ0) is 24.6. The average Bonchev–Trinajstić information content (AvgIpc) is 2.72. The second kappa shape index (κ2) is 8.58. The Labute approximate surface area is 187 Å². The molecule has 1 aromatic heterocycles. The molecule has 0 fully saturated rings. The number of aliphatic hydroxyl groups is 1. The second-order valence-electron chi connectivity index (χ2n) is 8.37. The van der Waals surface area contributed by atoms with Gasteiger partial charge in [-0.15, -0.1) is 0 Å². The number of nitrogens with zero attached hydrogens (tertiary/aromatic N) is 2. The van der Waals surface area contributed by atoms with Crippen LogP contribution in [0.25, 0.3) is 10.9 Å². The molecule has 0 bridgehead atoms. The predicted molar refractivity (Wildman–Crippen MR) is 115 cm³/mol. The van der Waals surface area contributed by atoms with Crippen molar-refractivity contribution < 1.29 is 32.2 Å². The molecule has 10 heteroatoms. The van der Waals surface area contributed by atoms with E-state index in [0.29, 0.717) is 16.7 Å². The average molecular weight is 465 g/mol. The van der Waals surface area contributed by atoms with Crippen molar-refractivity contribution in [2.45, 2.75) is 44.4 Å². The lowest BCUT2D eigenvalue weighted by atomic mass is 9.74. The molecule has 1 amide bonds. The Bertz CT molecular complexity index is 1200. The normalized spacial score (nSPS) is 14.1. The number of carbonyl (C=O) groups is 1. The number of aromatic nitrogens is 2. The van der Waals surface area contributed by atoms with Crippen LogP contribution in [0.3, 0.4) is 0 Å². The summed E-state index contributed by atoms with van der Waals surface area (Å²) in [5.41, 5.74) is -4.79. The molecule has 0 spiro atoms. The fourth-order valence-corrected chi connectivity index (χ4v) is 3.74. The molecule has 1 heterocycles. The van der Waals surface area contributed by atoms with E-state index in [1.807, 2.05) is 0 Å². The lowest BCUT2D eigenvalue weighted by Gasteiger charge is -2.37. The smallest absolute Gasteiger partial charge is 0.426 e. The fraction of sp³-hybridized carbons (Fsp3) is 0.348. The molecule has 0 aliphatic carbocycles. The van der Waals surface area contributed by atoms with E-state index in [1.165, 1.54) is 45.4 Å². The summed E-state index contributed by atoms with van der Waals surface area (Å²) >= 11 is 0. The number of carbonyl (C=O) groups excluding carboxylic acids is 1. The highest BCUT2D eigenvalue weighted by atomic mass is 19.4. The van der Waals surface area contributed by atoms with Crippen LogP contribution in [0, 0.1) is 12.7 Å². The summed E-state index contributed by atoms with van der Waals surface area (Å²) < 4.78 is 61.3. The Morgan fingerprint density at radius 1 is 1.18 bits per heavy atom. The van der Waals surface area contributed by atoms with E-state index in [2.05, 4.69) is 15.3 Å². The number of aryl methyl sites for hydroxylation is 1. The molecule has 0 aliphatic rings. The minimum Gasteiger partial charge on any atom is -0.496 e. The topological polar surface area (TPSA) is 84.3 Å². The molecule has 1 atom stereocenters. The highest BCUT2D eigenvalue weighted by Crippen LogP contribution is 2.44. The zero-order valence-electron chi connectivity index (χ0n) is 18.4. The Hall–Kier alpha value is -3.27. The highest BCUT2D eigenvalue weighted by molar-refractivity contribution is 6.04. The third-order valence-electron chi connectivity index (χ3n) is 5.43. The van der Waals surface area contributed by atoms with Gasteiger partial charge >= 0.3 is 6.18 Å².